The number of para-hydroxylation sites is 1. The Morgan fingerprint density at radius 2 is 1.64 bits per heavy atom. The molecular weight excluding hydrogens is 276 g/mol. The molecule has 1 aromatic heterocycles. The van der Waals surface area contributed by atoms with Crippen molar-refractivity contribution in [1.29, 1.82) is 0 Å². The fourth-order valence-electron chi connectivity index (χ4n) is 3.07. The molecule has 2 heterocycles. The molecule has 0 fully saturated rings. The number of rotatable bonds is 4. The number of aromatic hydroxyl groups is 1. The maximum absolute atomic E-state index is 9.99. The van der Waals surface area contributed by atoms with Crippen molar-refractivity contribution in [3.63, 3.8) is 0 Å². The standard InChI is InChI=1S/C18H18N2O2/c21-18-11-14-5-3-4-8-17(14)20(18)22-10-9-19-12-15-6-1-2-7-16(15)13-19/h1-8,11,21H,9-10,12-13H2. The lowest BCUT2D eigenvalue weighted by Gasteiger charge is -2.16. The topological polar surface area (TPSA) is 37.6 Å². The Hall–Kier alpha value is -2.46. The summed E-state index contributed by atoms with van der Waals surface area (Å²) in [5.41, 5.74) is 3.69. The van der Waals surface area contributed by atoms with Crippen LogP contribution in [0.25, 0.3) is 10.9 Å². The first-order valence-electron chi connectivity index (χ1n) is 7.53. The molecule has 112 valence electrons. The fourth-order valence-corrected chi connectivity index (χ4v) is 3.07. The van der Waals surface area contributed by atoms with Crippen LogP contribution in [-0.2, 0) is 13.1 Å². The highest BCUT2D eigenvalue weighted by Gasteiger charge is 2.18. The minimum atomic E-state index is 0.144. The summed E-state index contributed by atoms with van der Waals surface area (Å²) in [4.78, 5) is 8.13. The van der Waals surface area contributed by atoms with Gasteiger partial charge in [0.2, 0.25) is 5.88 Å². The van der Waals surface area contributed by atoms with Crippen molar-refractivity contribution < 1.29 is 9.94 Å². The lowest BCUT2D eigenvalue weighted by atomic mass is 10.1. The Bertz CT molecular complexity index is 785. The predicted octanol–water partition coefficient (Wildman–Crippen LogP) is 2.79. The molecule has 0 unspecified atom stereocenters. The van der Waals surface area contributed by atoms with Crippen LogP contribution in [0.2, 0.25) is 0 Å². The summed E-state index contributed by atoms with van der Waals surface area (Å²) in [7, 11) is 0. The number of benzene rings is 2. The fraction of sp³-hybridized carbons (Fsp3) is 0.222. The molecule has 1 aliphatic heterocycles. The van der Waals surface area contributed by atoms with Gasteiger partial charge in [0, 0.05) is 31.1 Å². The molecule has 2 aromatic carbocycles. The molecule has 4 nitrogen and oxygen atoms in total. The molecule has 1 aliphatic rings. The van der Waals surface area contributed by atoms with Crippen molar-refractivity contribution >= 4 is 10.9 Å². The Labute approximate surface area is 129 Å². The summed E-state index contributed by atoms with van der Waals surface area (Å²) < 4.78 is 1.51. The summed E-state index contributed by atoms with van der Waals surface area (Å²) >= 11 is 0. The molecule has 0 saturated carbocycles. The Morgan fingerprint density at radius 3 is 2.41 bits per heavy atom. The zero-order chi connectivity index (χ0) is 14.9. The maximum atomic E-state index is 9.99. The highest BCUT2D eigenvalue weighted by atomic mass is 16.7. The molecule has 0 saturated heterocycles. The van der Waals surface area contributed by atoms with Gasteiger partial charge in [0.15, 0.2) is 0 Å². The summed E-state index contributed by atoms with van der Waals surface area (Å²) in [6.07, 6.45) is 0. The molecule has 4 heteroatoms. The normalized spacial score (nSPS) is 14.4. The van der Waals surface area contributed by atoms with Crippen LogP contribution in [0, 0.1) is 0 Å². The average Bonchev–Trinajstić information content (AvgIpc) is 3.08. The molecule has 22 heavy (non-hydrogen) atoms. The van der Waals surface area contributed by atoms with Gasteiger partial charge < -0.3 is 9.94 Å². The van der Waals surface area contributed by atoms with Gasteiger partial charge in [0.05, 0.1) is 5.52 Å². The van der Waals surface area contributed by atoms with Gasteiger partial charge in [0.25, 0.3) is 0 Å². The van der Waals surface area contributed by atoms with Crippen LogP contribution >= 0.6 is 0 Å². The zero-order valence-corrected chi connectivity index (χ0v) is 12.3. The van der Waals surface area contributed by atoms with Crippen LogP contribution in [0.3, 0.4) is 0 Å². The second-order valence-corrected chi connectivity index (χ2v) is 5.67. The molecule has 0 amide bonds. The van der Waals surface area contributed by atoms with Gasteiger partial charge in [-0.05, 0) is 17.2 Å². The highest BCUT2D eigenvalue weighted by molar-refractivity contribution is 5.81. The largest absolute Gasteiger partial charge is 0.492 e. The van der Waals surface area contributed by atoms with Crippen molar-refractivity contribution in [1.82, 2.24) is 9.63 Å². The molecular formula is C18H18N2O2. The molecule has 0 spiro atoms. The van der Waals surface area contributed by atoms with Gasteiger partial charge in [-0.25, -0.2) is 0 Å². The maximum Gasteiger partial charge on any atom is 0.226 e. The van der Waals surface area contributed by atoms with E-state index < -0.39 is 0 Å². The molecule has 1 N–H and O–H groups in total. The van der Waals surface area contributed by atoms with Crippen LogP contribution in [-0.4, -0.2) is 27.9 Å². The monoisotopic (exact) mass is 294 g/mol. The van der Waals surface area contributed by atoms with Crippen LogP contribution in [0.4, 0.5) is 0 Å². The first-order valence-corrected chi connectivity index (χ1v) is 7.53. The van der Waals surface area contributed by atoms with E-state index in [1.165, 1.54) is 15.9 Å². The predicted molar refractivity (Wildman–Crippen MR) is 85.6 cm³/mol. The third-order valence-corrected chi connectivity index (χ3v) is 4.18. The van der Waals surface area contributed by atoms with Gasteiger partial charge in [0.1, 0.15) is 6.61 Å². The lowest BCUT2D eigenvalue weighted by molar-refractivity contribution is 0.0791. The minimum Gasteiger partial charge on any atom is -0.492 e. The number of fused-ring (bicyclic) bond motifs is 2. The summed E-state index contributed by atoms with van der Waals surface area (Å²) in [5.74, 6) is 0.144. The van der Waals surface area contributed by atoms with E-state index in [0.29, 0.717) is 6.61 Å². The smallest absolute Gasteiger partial charge is 0.226 e. The van der Waals surface area contributed by atoms with E-state index >= 15 is 0 Å². The van der Waals surface area contributed by atoms with Crippen molar-refractivity contribution in [2.45, 2.75) is 13.1 Å². The molecule has 3 aromatic rings. The van der Waals surface area contributed by atoms with Crippen LogP contribution < -0.4 is 4.84 Å². The van der Waals surface area contributed by atoms with Crippen molar-refractivity contribution in [2.24, 2.45) is 0 Å². The highest BCUT2D eigenvalue weighted by Crippen LogP contribution is 2.23. The van der Waals surface area contributed by atoms with E-state index in [2.05, 4.69) is 29.2 Å². The molecule has 0 atom stereocenters. The molecule has 0 radical (unpaired) electrons. The van der Waals surface area contributed by atoms with Crippen LogP contribution in [0.5, 0.6) is 5.88 Å². The summed E-state index contributed by atoms with van der Waals surface area (Å²) in [5, 5.41) is 11.0. The molecule has 0 bridgehead atoms. The van der Waals surface area contributed by atoms with E-state index in [1.54, 1.807) is 6.07 Å². The van der Waals surface area contributed by atoms with E-state index in [4.69, 9.17) is 4.84 Å². The quantitative estimate of drug-likeness (QED) is 0.804. The van der Waals surface area contributed by atoms with E-state index in [1.807, 2.05) is 24.3 Å². The Kier molecular flexibility index (Phi) is 3.24. The zero-order valence-electron chi connectivity index (χ0n) is 12.3. The van der Waals surface area contributed by atoms with Crippen molar-refractivity contribution in [3.8, 4) is 5.88 Å². The average molecular weight is 294 g/mol. The number of nitrogens with zero attached hydrogens (tertiary/aromatic N) is 2. The third kappa shape index (κ3) is 2.31. The van der Waals surface area contributed by atoms with Gasteiger partial charge >= 0.3 is 0 Å². The van der Waals surface area contributed by atoms with E-state index in [9.17, 15) is 5.11 Å². The minimum absolute atomic E-state index is 0.144. The van der Waals surface area contributed by atoms with Crippen molar-refractivity contribution in [2.75, 3.05) is 13.2 Å². The second-order valence-electron chi connectivity index (χ2n) is 5.67. The van der Waals surface area contributed by atoms with E-state index in [-0.39, 0.29) is 5.88 Å². The van der Waals surface area contributed by atoms with Gasteiger partial charge in [-0.15, -0.1) is 4.73 Å². The third-order valence-electron chi connectivity index (χ3n) is 4.18. The van der Waals surface area contributed by atoms with E-state index in [0.717, 1.165) is 30.5 Å². The Balaban J connectivity index is 1.40. The van der Waals surface area contributed by atoms with Gasteiger partial charge in [-0.3, -0.25) is 4.90 Å². The molecule has 0 aliphatic carbocycles. The van der Waals surface area contributed by atoms with Gasteiger partial charge in [-0.2, -0.15) is 0 Å². The van der Waals surface area contributed by atoms with Gasteiger partial charge in [-0.1, -0.05) is 42.5 Å². The summed E-state index contributed by atoms with van der Waals surface area (Å²) in [6.45, 7) is 3.32. The first-order chi connectivity index (χ1) is 10.8. The SMILES string of the molecule is Oc1cc2ccccc2n1OCCN1Cc2ccccc2C1. The number of aromatic nitrogens is 1. The van der Waals surface area contributed by atoms with Crippen LogP contribution in [0.15, 0.2) is 54.6 Å². The Morgan fingerprint density at radius 1 is 0.955 bits per heavy atom. The summed E-state index contributed by atoms with van der Waals surface area (Å²) in [6, 6.07) is 18.1. The molecule has 4 rings (SSSR count). The number of hydrogen-bond donors (Lipinski definition) is 1. The van der Waals surface area contributed by atoms with Crippen LogP contribution in [0.1, 0.15) is 11.1 Å². The van der Waals surface area contributed by atoms with Crippen molar-refractivity contribution in [3.05, 3.63) is 65.7 Å². The second kappa shape index (κ2) is 5.39. The number of hydrogen-bond acceptors (Lipinski definition) is 3. The lowest BCUT2D eigenvalue weighted by Crippen LogP contribution is -2.26. The first kappa shape index (κ1) is 13.2.